The molecule has 0 spiro atoms. The van der Waals surface area contributed by atoms with Crippen LogP contribution in [0.2, 0.25) is 18.1 Å². The molecule has 22 heavy (non-hydrogen) atoms. The molecule has 0 aliphatic carbocycles. The molecule has 1 rings (SSSR count). The first-order valence-electron chi connectivity index (χ1n) is 7.43. The number of nitrogens with two attached hydrogens (primary N) is 1. The van der Waals surface area contributed by atoms with Gasteiger partial charge in [-0.05, 0) is 42.7 Å². The summed E-state index contributed by atoms with van der Waals surface area (Å²) in [6.45, 7) is 15.3. The Hall–Kier alpha value is -0.213. The molecule has 0 bridgehead atoms. The van der Waals surface area contributed by atoms with Crippen LogP contribution in [-0.4, -0.2) is 24.5 Å². The lowest BCUT2D eigenvalue weighted by Crippen LogP contribution is -2.46. The number of hydrogen-bond donors (Lipinski definition) is 2. The van der Waals surface area contributed by atoms with Crippen molar-refractivity contribution in [3.05, 3.63) is 10.7 Å². The van der Waals surface area contributed by atoms with Gasteiger partial charge in [0.15, 0.2) is 14.1 Å². The van der Waals surface area contributed by atoms with E-state index in [1.165, 1.54) is 0 Å². The zero-order valence-electron chi connectivity index (χ0n) is 14.6. The Morgan fingerprint density at radius 3 is 2.27 bits per heavy atom. The number of aromatic amines is 1. The first-order chi connectivity index (χ1) is 9.44. The smallest absolute Gasteiger partial charge is 0.294 e. The van der Waals surface area contributed by atoms with E-state index < -0.39 is 8.32 Å². The first-order valence-corrected chi connectivity index (χ1v) is 10.7. The molecular weight excluding hydrogens is 338 g/mol. The van der Waals surface area contributed by atoms with Crippen molar-refractivity contribution < 1.29 is 8.95 Å². The Morgan fingerprint density at radius 1 is 1.36 bits per heavy atom. The summed E-state index contributed by atoms with van der Waals surface area (Å²) in [6.07, 6.45) is 0.543. The van der Waals surface area contributed by atoms with E-state index in [1.807, 2.05) is 0 Å². The molecule has 0 saturated carbocycles. The Balaban J connectivity index is 0.00000441. The summed E-state index contributed by atoms with van der Waals surface area (Å²) in [7, 11) is -1.97. The fourth-order valence-electron chi connectivity index (χ4n) is 1.87. The van der Waals surface area contributed by atoms with Gasteiger partial charge in [0.25, 0.3) is 4.84 Å². The Morgan fingerprint density at radius 2 is 1.91 bits per heavy atom. The van der Waals surface area contributed by atoms with Crippen molar-refractivity contribution in [1.82, 2.24) is 10.1 Å². The maximum atomic E-state index is 6.48. The van der Waals surface area contributed by atoms with Gasteiger partial charge in [-0.2, -0.15) is 0 Å². The fraction of sp³-hybridized carbons (Fsp3) is 0.857. The standard InChI is InChI=1S/C14H29N3O2SSi.ClH/c1-9(2)8-10(15)11(12-16-13(20)18-17-12)19-21(6,7)14(3,4)5;/h9-11H,8,15H2,1-7H3,(H,16,17,20);1H/t10-,11?;/m0./s1. The van der Waals surface area contributed by atoms with E-state index in [0.717, 1.165) is 6.42 Å². The third kappa shape index (κ3) is 5.77. The fourth-order valence-corrected chi connectivity index (χ4v) is 3.29. The van der Waals surface area contributed by atoms with Crippen molar-refractivity contribution in [1.29, 1.82) is 0 Å². The molecule has 3 N–H and O–H groups in total. The van der Waals surface area contributed by atoms with Gasteiger partial charge in [-0.3, -0.25) is 4.98 Å². The van der Waals surface area contributed by atoms with Crippen molar-refractivity contribution >= 4 is 32.9 Å². The minimum absolute atomic E-state index is 0. The van der Waals surface area contributed by atoms with Crippen molar-refractivity contribution in [2.75, 3.05) is 0 Å². The van der Waals surface area contributed by atoms with E-state index >= 15 is 0 Å². The number of hydrogen-bond acceptors (Lipinski definition) is 5. The van der Waals surface area contributed by atoms with Crippen LogP contribution in [-0.2, 0) is 4.43 Å². The van der Waals surface area contributed by atoms with Crippen molar-refractivity contribution in [3.63, 3.8) is 0 Å². The first kappa shape index (κ1) is 21.8. The Kier molecular flexibility index (Phi) is 7.98. The SMILES string of the molecule is CC(C)C[C@H](N)C(O[Si](C)(C)C(C)(C)C)c1noc(=S)[nH]1.Cl. The quantitative estimate of drug-likeness (QED) is 0.567. The number of aromatic nitrogens is 2. The number of halogens is 1. The number of rotatable bonds is 6. The topological polar surface area (TPSA) is 77.1 Å². The lowest BCUT2D eigenvalue weighted by atomic mass is 10.00. The van der Waals surface area contributed by atoms with Crippen LogP contribution in [0.1, 0.15) is 53.0 Å². The molecule has 0 aliphatic rings. The van der Waals surface area contributed by atoms with Crippen molar-refractivity contribution in [2.45, 2.75) is 71.3 Å². The van der Waals surface area contributed by atoms with Crippen LogP contribution in [0.5, 0.6) is 0 Å². The minimum atomic E-state index is -1.97. The van der Waals surface area contributed by atoms with Gasteiger partial charge in [-0.25, -0.2) is 0 Å². The van der Waals surface area contributed by atoms with Crippen LogP contribution in [0.4, 0.5) is 0 Å². The third-order valence-electron chi connectivity index (χ3n) is 4.09. The van der Waals surface area contributed by atoms with Gasteiger partial charge >= 0.3 is 0 Å². The van der Waals surface area contributed by atoms with Crippen molar-refractivity contribution in [2.24, 2.45) is 11.7 Å². The molecule has 1 aromatic rings. The summed E-state index contributed by atoms with van der Waals surface area (Å²) < 4.78 is 11.5. The summed E-state index contributed by atoms with van der Waals surface area (Å²) in [5.41, 5.74) is 6.37. The maximum absolute atomic E-state index is 6.48. The Labute approximate surface area is 145 Å². The number of nitrogens with zero attached hydrogens (tertiary/aromatic N) is 1. The second kappa shape index (κ2) is 8.05. The Bertz CT molecular complexity index is 511. The monoisotopic (exact) mass is 367 g/mol. The highest BCUT2D eigenvalue weighted by molar-refractivity contribution is 7.71. The van der Waals surface area contributed by atoms with Gasteiger partial charge in [-0.15, -0.1) is 12.4 Å². The largest absolute Gasteiger partial charge is 0.405 e. The van der Waals surface area contributed by atoms with Crippen molar-refractivity contribution in [3.8, 4) is 0 Å². The molecule has 0 saturated heterocycles. The molecular formula is C14H30ClN3O2SSi. The van der Waals surface area contributed by atoms with Crippen LogP contribution < -0.4 is 5.73 Å². The highest BCUT2D eigenvalue weighted by Gasteiger charge is 2.41. The molecule has 2 atom stereocenters. The van der Waals surface area contributed by atoms with E-state index in [2.05, 4.69) is 57.9 Å². The predicted octanol–water partition coefficient (Wildman–Crippen LogP) is 4.59. The number of H-pyrrole nitrogens is 1. The van der Waals surface area contributed by atoms with Crippen LogP contribution in [0.3, 0.4) is 0 Å². The average Bonchev–Trinajstić information content (AvgIpc) is 2.70. The molecule has 0 fully saturated rings. The van der Waals surface area contributed by atoms with Gasteiger partial charge in [0.2, 0.25) is 0 Å². The normalized spacial score (nSPS) is 15.5. The van der Waals surface area contributed by atoms with E-state index in [-0.39, 0.29) is 34.4 Å². The van der Waals surface area contributed by atoms with Gasteiger partial charge < -0.3 is 14.7 Å². The summed E-state index contributed by atoms with van der Waals surface area (Å²) in [4.78, 5) is 3.21. The number of nitrogens with one attached hydrogen (secondary N) is 1. The molecule has 0 radical (unpaired) electrons. The molecule has 0 amide bonds. The lowest BCUT2D eigenvalue weighted by Gasteiger charge is -2.40. The predicted molar refractivity (Wildman–Crippen MR) is 97.4 cm³/mol. The summed E-state index contributed by atoms with van der Waals surface area (Å²) in [5, 5.41) is 4.09. The zero-order chi connectivity index (χ0) is 16.4. The molecule has 0 aliphatic heterocycles. The summed E-state index contributed by atoms with van der Waals surface area (Å²) in [5.74, 6) is 1.08. The lowest BCUT2D eigenvalue weighted by molar-refractivity contribution is 0.132. The molecule has 1 unspecified atom stereocenters. The second-order valence-electron chi connectivity index (χ2n) is 7.57. The van der Waals surface area contributed by atoms with E-state index in [0.29, 0.717) is 11.7 Å². The van der Waals surface area contributed by atoms with Crippen LogP contribution in [0.15, 0.2) is 4.52 Å². The molecule has 130 valence electrons. The van der Waals surface area contributed by atoms with Crippen LogP contribution in [0.25, 0.3) is 0 Å². The maximum Gasteiger partial charge on any atom is 0.294 e. The highest BCUT2D eigenvalue weighted by atomic mass is 35.5. The van der Waals surface area contributed by atoms with Gasteiger partial charge in [0.05, 0.1) is 0 Å². The zero-order valence-corrected chi connectivity index (χ0v) is 17.2. The molecule has 1 aromatic heterocycles. The second-order valence-corrected chi connectivity index (χ2v) is 12.7. The van der Waals surface area contributed by atoms with Gasteiger partial charge in [0.1, 0.15) is 6.10 Å². The third-order valence-corrected chi connectivity index (χ3v) is 8.72. The highest BCUT2D eigenvalue weighted by Crippen LogP contribution is 2.40. The minimum Gasteiger partial charge on any atom is -0.405 e. The van der Waals surface area contributed by atoms with Crippen LogP contribution in [0, 0.1) is 10.8 Å². The van der Waals surface area contributed by atoms with Crippen LogP contribution >= 0.6 is 24.6 Å². The summed E-state index contributed by atoms with van der Waals surface area (Å²) >= 11 is 4.97. The van der Waals surface area contributed by atoms with Gasteiger partial charge in [-0.1, -0.05) is 39.8 Å². The van der Waals surface area contributed by atoms with E-state index in [1.54, 1.807) is 0 Å². The molecule has 1 heterocycles. The molecule has 5 nitrogen and oxygen atoms in total. The van der Waals surface area contributed by atoms with E-state index in [9.17, 15) is 0 Å². The summed E-state index contributed by atoms with van der Waals surface area (Å²) in [6, 6.07) is -0.144. The van der Waals surface area contributed by atoms with E-state index in [4.69, 9.17) is 26.9 Å². The van der Waals surface area contributed by atoms with Gasteiger partial charge in [0, 0.05) is 6.04 Å². The average molecular weight is 368 g/mol. The molecule has 0 aromatic carbocycles. The molecule has 8 heteroatoms.